The Morgan fingerprint density at radius 3 is 2.78 bits per heavy atom. The van der Waals surface area contributed by atoms with Gasteiger partial charge in [-0.15, -0.1) is 0 Å². The predicted molar refractivity (Wildman–Crippen MR) is 103 cm³/mol. The minimum atomic E-state index is -0.554. The lowest BCUT2D eigenvalue weighted by atomic mass is 10.1. The SMILES string of the molecule is Cc1cccc2c(N3CCC(Oc4ccnc(C(N)=O)c4)CC3)ncnc12. The number of hydrogen-bond acceptors (Lipinski definition) is 6. The molecule has 0 saturated carbocycles. The molecule has 0 unspecified atom stereocenters. The third-order valence-electron chi connectivity index (χ3n) is 4.87. The molecule has 1 aliphatic heterocycles. The number of hydrogen-bond donors (Lipinski definition) is 1. The molecular weight excluding hydrogens is 342 g/mol. The second-order valence-electron chi connectivity index (χ2n) is 6.71. The monoisotopic (exact) mass is 363 g/mol. The lowest BCUT2D eigenvalue weighted by Gasteiger charge is -2.33. The first kappa shape index (κ1) is 17.2. The number of benzene rings is 1. The van der Waals surface area contributed by atoms with Crippen LogP contribution in [-0.4, -0.2) is 40.1 Å². The highest BCUT2D eigenvalue weighted by atomic mass is 16.5. The summed E-state index contributed by atoms with van der Waals surface area (Å²) >= 11 is 0. The number of carbonyl (C=O) groups excluding carboxylic acids is 1. The number of ether oxygens (including phenoxy) is 1. The Labute approximate surface area is 157 Å². The molecule has 138 valence electrons. The highest BCUT2D eigenvalue weighted by molar-refractivity contribution is 5.91. The molecule has 0 atom stereocenters. The van der Waals surface area contributed by atoms with Gasteiger partial charge in [0.1, 0.15) is 29.7 Å². The standard InChI is InChI=1S/C20H21N5O2/c1-13-3-2-4-16-18(13)23-12-24-20(16)25-9-6-14(7-10-25)27-15-5-8-22-17(11-15)19(21)26/h2-5,8,11-12,14H,6-7,9-10H2,1H3,(H2,21,26). The fourth-order valence-corrected chi connectivity index (χ4v) is 3.47. The van der Waals surface area contributed by atoms with Crippen LogP contribution in [0.25, 0.3) is 10.9 Å². The molecule has 1 aromatic carbocycles. The Bertz CT molecular complexity index is 983. The van der Waals surface area contributed by atoms with Crippen molar-refractivity contribution >= 4 is 22.6 Å². The minimum absolute atomic E-state index is 0.0826. The lowest BCUT2D eigenvalue weighted by Crippen LogP contribution is -2.38. The molecule has 0 spiro atoms. The van der Waals surface area contributed by atoms with Crippen LogP contribution >= 0.6 is 0 Å². The Morgan fingerprint density at radius 1 is 1.19 bits per heavy atom. The van der Waals surface area contributed by atoms with Gasteiger partial charge in [0.25, 0.3) is 5.91 Å². The van der Waals surface area contributed by atoms with Crippen molar-refractivity contribution in [1.82, 2.24) is 15.0 Å². The number of nitrogens with two attached hydrogens (primary N) is 1. The van der Waals surface area contributed by atoms with E-state index in [-0.39, 0.29) is 11.8 Å². The number of aryl methyl sites for hydroxylation is 1. The molecule has 2 N–H and O–H groups in total. The number of rotatable bonds is 4. The number of fused-ring (bicyclic) bond motifs is 1. The summed E-state index contributed by atoms with van der Waals surface area (Å²) in [5.41, 5.74) is 7.64. The summed E-state index contributed by atoms with van der Waals surface area (Å²) in [5.74, 6) is 1.05. The first-order valence-electron chi connectivity index (χ1n) is 8.99. The minimum Gasteiger partial charge on any atom is -0.490 e. The van der Waals surface area contributed by atoms with Gasteiger partial charge in [-0.25, -0.2) is 9.97 Å². The molecule has 7 nitrogen and oxygen atoms in total. The molecule has 3 heterocycles. The highest BCUT2D eigenvalue weighted by Crippen LogP contribution is 2.28. The normalized spacial score (nSPS) is 15.1. The van der Waals surface area contributed by atoms with Crippen molar-refractivity contribution in [3.8, 4) is 5.75 Å². The average Bonchev–Trinajstić information content (AvgIpc) is 2.69. The van der Waals surface area contributed by atoms with Crippen molar-refractivity contribution in [3.63, 3.8) is 0 Å². The molecule has 2 aromatic heterocycles. The van der Waals surface area contributed by atoms with Gasteiger partial charge in [0, 0.05) is 43.6 Å². The molecule has 0 radical (unpaired) electrons. The third-order valence-corrected chi connectivity index (χ3v) is 4.87. The second-order valence-corrected chi connectivity index (χ2v) is 6.71. The van der Waals surface area contributed by atoms with Crippen molar-refractivity contribution in [2.45, 2.75) is 25.9 Å². The Morgan fingerprint density at radius 2 is 2.00 bits per heavy atom. The fraction of sp³-hybridized carbons (Fsp3) is 0.300. The molecule has 0 bridgehead atoms. The number of piperidine rings is 1. The zero-order chi connectivity index (χ0) is 18.8. The summed E-state index contributed by atoms with van der Waals surface area (Å²) < 4.78 is 6.03. The Hall–Kier alpha value is -3.22. The van der Waals surface area contributed by atoms with Crippen molar-refractivity contribution in [2.24, 2.45) is 5.73 Å². The van der Waals surface area contributed by atoms with E-state index in [4.69, 9.17) is 10.5 Å². The fourth-order valence-electron chi connectivity index (χ4n) is 3.47. The van der Waals surface area contributed by atoms with E-state index in [9.17, 15) is 4.79 Å². The van der Waals surface area contributed by atoms with E-state index in [1.165, 1.54) is 0 Å². The molecule has 1 fully saturated rings. The van der Waals surface area contributed by atoms with Crippen molar-refractivity contribution in [2.75, 3.05) is 18.0 Å². The average molecular weight is 363 g/mol. The summed E-state index contributed by atoms with van der Waals surface area (Å²) in [5, 5.41) is 1.08. The van der Waals surface area contributed by atoms with Gasteiger partial charge in [0.15, 0.2) is 0 Å². The van der Waals surface area contributed by atoms with Gasteiger partial charge < -0.3 is 15.4 Å². The first-order valence-corrected chi connectivity index (χ1v) is 8.99. The van der Waals surface area contributed by atoms with E-state index >= 15 is 0 Å². The van der Waals surface area contributed by atoms with E-state index < -0.39 is 5.91 Å². The zero-order valence-electron chi connectivity index (χ0n) is 15.1. The summed E-state index contributed by atoms with van der Waals surface area (Å²) in [6, 6.07) is 9.52. The first-order chi connectivity index (χ1) is 13.1. The van der Waals surface area contributed by atoms with Crippen LogP contribution in [0.15, 0.2) is 42.9 Å². The summed E-state index contributed by atoms with van der Waals surface area (Å²) in [4.78, 5) is 26.4. The second kappa shape index (κ2) is 7.19. The quantitative estimate of drug-likeness (QED) is 0.765. The Balaban J connectivity index is 1.46. The number of carbonyl (C=O) groups is 1. The van der Waals surface area contributed by atoms with E-state index in [0.29, 0.717) is 5.75 Å². The highest BCUT2D eigenvalue weighted by Gasteiger charge is 2.23. The van der Waals surface area contributed by atoms with Gasteiger partial charge in [-0.1, -0.05) is 12.1 Å². The molecule has 0 aliphatic carbocycles. The maximum Gasteiger partial charge on any atom is 0.267 e. The predicted octanol–water partition coefficient (Wildman–Crippen LogP) is 2.48. The summed E-state index contributed by atoms with van der Waals surface area (Å²) in [6.45, 7) is 3.76. The smallest absolute Gasteiger partial charge is 0.267 e. The van der Waals surface area contributed by atoms with Gasteiger partial charge >= 0.3 is 0 Å². The van der Waals surface area contributed by atoms with Gasteiger partial charge in [-0.05, 0) is 24.6 Å². The zero-order valence-corrected chi connectivity index (χ0v) is 15.1. The summed E-state index contributed by atoms with van der Waals surface area (Å²) in [6.07, 6.45) is 4.99. The number of nitrogens with zero attached hydrogens (tertiary/aromatic N) is 4. The third kappa shape index (κ3) is 3.53. The van der Waals surface area contributed by atoms with Crippen LogP contribution in [0.2, 0.25) is 0 Å². The van der Waals surface area contributed by atoms with Gasteiger partial charge in [0.2, 0.25) is 0 Å². The van der Waals surface area contributed by atoms with E-state index in [2.05, 4.69) is 38.9 Å². The van der Waals surface area contributed by atoms with Crippen LogP contribution in [0.3, 0.4) is 0 Å². The van der Waals surface area contributed by atoms with Crippen LogP contribution in [0.1, 0.15) is 28.9 Å². The number of primary amides is 1. The number of para-hydroxylation sites is 1. The topological polar surface area (TPSA) is 94.2 Å². The number of aromatic nitrogens is 3. The van der Waals surface area contributed by atoms with Crippen LogP contribution in [0.4, 0.5) is 5.82 Å². The largest absolute Gasteiger partial charge is 0.490 e. The number of anilines is 1. The van der Waals surface area contributed by atoms with Gasteiger partial charge in [-0.2, -0.15) is 0 Å². The number of amides is 1. The molecular formula is C20H21N5O2. The van der Waals surface area contributed by atoms with Gasteiger partial charge in [-0.3, -0.25) is 9.78 Å². The summed E-state index contributed by atoms with van der Waals surface area (Å²) in [7, 11) is 0. The van der Waals surface area contributed by atoms with Crippen molar-refractivity contribution in [1.29, 1.82) is 0 Å². The Kier molecular flexibility index (Phi) is 4.58. The number of pyridine rings is 1. The van der Waals surface area contributed by atoms with Crippen LogP contribution < -0.4 is 15.4 Å². The molecule has 4 rings (SSSR count). The lowest BCUT2D eigenvalue weighted by molar-refractivity contribution is 0.0994. The molecule has 7 heteroatoms. The molecule has 3 aromatic rings. The van der Waals surface area contributed by atoms with Crippen molar-refractivity contribution < 1.29 is 9.53 Å². The van der Waals surface area contributed by atoms with Crippen LogP contribution in [0, 0.1) is 6.92 Å². The molecule has 27 heavy (non-hydrogen) atoms. The molecule has 1 amide bonds. The maximum atomic E-state index is 11.3. The molecule has 1 aliphatic rings. The van der Waals surface area contributed by atoms with Crippen LogP contribution in [-0.2, 0) is 0 Å². The van der Waals surface area contributed by atoms with E-state index in [0.717, 1.165) is 48.2 Å². The van der Waals surface area contributed by atoms with Crippen molar-refractivity contribution in [3.05, 3.63) is 54.1 Å². The van der Waals surface area contributed by atoms with E-state index in [1.807, 2.05) is 6.07 Å². The van der Waals surface area contributed by atoms with Crippen LogP contribution in [0.5, 0.6) is 5.75 Å². The molecule has 1 saturated heterocycles. The maximum absolute atomic E-state index is 11.3. The van der Waals surface area contributed by atoms with E-state index in [1.54, 1.807) is 24.7 Å². The van der Waals surface area contributed by atoms with Gasteiger partial charge in [0.05, 0.1) is 5.52 Å².